The van der Waals surface area contributed by atoms with Crippen LogP contribution in [0.25, 0.3) is 0 Å². The number of nitrogens with two attached hydrogens (primary N) is 1. The highest BCUT2D eigenvalue weighted by molar-refractivity contribution is 7.97. The zero-order chi connectivity index (χ0) is 12.8. The summed E-state index contributed by atoms with van der Waals surface area (Å²) in [6.07, 6.45) is 1.79. The molecule has 0 radical (unpaired) electrons. The Morgan fingerprint density at radius 1 is 1.11 bits per heavy atom. The first-order valence-corrected chi connectivity index (χ1v) is 7.28. The van der Waals surface area contributed by atoms with E-state index < -0.39 is 0 Å². The van der Waals surface area contributed by atoms with E-state index in [1.807, 2.05) is 30.0 Å². The summed E-state index contributed by atoms with van der Waals surface area (Å²) in [6.45, 7) is 0.498. The summed E-state index contributed by atoms with van der Waals surface area (Å²) in [4.78, 5) is 4.28. The minimum Gasteiger partial charge on any atom is -0.325 e. The number of rotatable bonds is 5. The molecule has 0 aliphatic heterocycles. The summed E-state index contributed by atoms with van der Waals surface area (Å²) in [7, 11) is 0. The lowest BCUT2D eigenvalue weighted by molar-refractivity contribution is 0.964. The van der Waals surface area contributed by atoms with Crippen LogP contribution in [0.2, 0.25) is 5.02 Å². The van der Waals surface area contributed by atoms with Gasteiger partial charge in [0.2, 0.25) is 0 Å². The van der Waals surface area contributed by atoms with Gasteiger partial charge < -0.3 is 5.73 Å². The van der Waals surface area contributed by atoms with Crippen LogP contribution in [-0.2, 0) is 18.1 Å². The number of halogens is 1. The van der Waals surface area contributed by atoms with E-state index in [4.69, 9.17) is 17.3 Å². The Balaban J connectivity index is 1.90. The number of hydrogen-bond donors (Lipinski definition) is 1. The first-order valence-electron chi connectivity index (χ1n) is 5.74. The Morgan fingerprint density at radius 3 is 2.61 bits per heavy atom. The molecule has 0 fully saturated rings. The molecule has 0 atom stereocenters. The van der Waals surface area contributed by atoms with E-state index in [-0.39, 0.29) is 0 Å². The molecule has 0 bridgehead atoms. The Labute approximate surface area is 117 Å². The second-order valence-corrected chi connectivity index (χ2v) is 5.35. The molecule has 0 unspecified atom stereocenters. The lowest BCUT2D eigenvalue weighted by atomic mass is 10.2. The maximum atomic E-state index is 5.85. The third-order valence-corrected chi connectivity index (χ3v) is 3.92. The van der Waals surface area contributed by atoms with Crippen molar-refractivity contribution in [2.45, 2.75) is 18.1 Å². The summed E-state index contributed by atoms with van der Waals surface area (Å²) in [5, 5.41) is 0.779. The van der Waals surface area contributed by atoms with E-state index in [1.54, 1.807) is 6.20 Å². The molecular formula is C14H15ClN2S. The number of thioether (sulfide) groups is 1. The maximum absolute atomic E-state index is 5.85. The van der Waals surface area contributed by atoms with E-state index >= 15 is 0 Å². The van der Waals surface area contributed by atoms with Crippen LogP contribution in [0.1, 0.15) is 16.8 Å². The minimum atomic E-state index is 0.498. The van der Waals surface area contributed by atoms with Crippen LogP contribution in [0.4, 0.5) is 0 Å². The monoisotopic (exact) mass is 278 g/mol. The normalized spacial score (nSPS) is 10.6. The molecule has 0 amide bonds. The Hall–Kier alpha value is -1.03. The molecular weight excluding hydrogens is 264 g/mol. The highest BCUT2D eigenvalue weighted by atomic mass is 35.5. The van der Waals surface area contributed by atoms with Gasteiger partial charge in [0.1, 0.15) is 0 Å². The van der Waals surface area contributed by atoms with Crippen LogP contribution in [0.5, 0.6) is 0 Å². The third kappa shape index (κ3) is 3.73. The number of benzene rings is 1. The van der Waals surface area contributed by atoms with Gasteiger partial charge in [-0.2, -0.15) is 11.8 Å². The van der Waals surface area contributed by atoms with Gasteiger partial charge >= 0.3 is 0 Å². The molecule has 0 spiro atoms. The van der Waals surface area contributed by atoms with Crippen LogP contribution < -0.4 is 5.73 Å². The molecule has 2 rings (SSSR count). The molecule has 18 heavy (non-hydrogen) atoms. The van der Waals surface area contributed by atoms with Gasteiger partial charge in [-0.05, 0) is 29.3 Å². The van der Waals surface area contributed by atoms with Gasteiger partial charge in [-0.15, -0.1) is 0 Å². The van der Waals surface area contributed by atoms with Crippen molar-refractivity contribution in [3.63, 3.8) is 0 Å². The summed E-state index contributed by atoms with van der Waals surface area (Å²) >= 11 is 7.71. The summed E-state index contributed by atoms with van der Waals surface area (Å²) in [5.41, 5.74) is 9.15. The molecule has 0 saturated heterocycles. The van der Waals surface area contributed by atoms with Crippen molar-refractivity contribution in [1.29, 1.82) is 0 Å². The number of aromatic nitrogens is 1. The van der Waals surface area contributed by atoms with E-state index in [0.29, 0.717) is 6.54 Å². The van der Waals surface area contributed by atoms with Crippen LogP contribution in [0.3, 0.4) is 0 Å². The zero-order valence-corrected chi connectivity index (χ0v) is 11.5. The minimum absolute atomic E-state index is 0.498. The summed E-state index contributed by atoms with van der Waals surface area (Å²) < 4.78 is 0. The van der Waals surface area contributed by atoms with Crippen molar-refractivity contribution in [1.82, 2.24) is 4.98 Å². The molecule has 0 aliphatic carbocycles. The predicted molar refractivity (Wildman–Crippen MR) is 78.6 cm³/mol. The maximum Gasteiger partial charge on any atom is 0.0579 e. The number of pyridine rings is 1. The molecule has 2 nitrogen and oxygen atoms in total. The van der Waals surface area contributed by atoms with Gasteiger partial charge in [-0.1, -0.05) is 29.8 Å². The Bertz CT molecular complexity index is 499. The zero-order valence-electron chi connectivity index (χ0n) is 9.97. The predicted octanol–water partition coefficient (Wildman–Crippen LogP) is 3.63. The van der Waals surface area contributed by atoms with Gasteiger partial charge in [0.25, 0.3) is 0 Å². The van der Waals surface area contributed by atoms with Crippen LogP contribution in [-0.4, -0.2) is 4.98 Å². The van der Waals surface area contributed by atoms with Crippen LogP contribution in [0.15, 0.2) is 42.6 Å². The van der Waals surface area contributed by atoms with Crippen molar-refractivity contribution in [3.05, 3.63) is 64.4 Å². The lowest BCUT2D eigenvalue weighted by Gasteiger charge is -2.06. The largest absolute Gasteiger partial charge is 0.325 e. The van der Waals surface area contributed by atoms with Gasteiger partial charge in [-0.25, -0.2) is 0 Å². The molecule has 1 aromatic heterocycles. The average Bonchev–Trinajstić information content (AvgIpc) is 2.41. The van der Waals surface area contributed by atoms with E-state index in [2.05, 4.69) is 23.2 Å². The van der Waals surface area contributed by atoms with Crippen molar-refractivity contribution in [3.8, 4) is 0 Å². The summed E-state index contributed by atoms with van der Waals surface area (Å²) in [6, 6.07) is 12.0. The smallest absolute Gasteiger partial charge is 0.0579 e. The van der Waals surface area contributed by atoms with E-state index in [0.717, 1.165) is 22.2 Å². The van der Waals surface area contributed by atoms with Crippen molar-refractivity contribution in [2.75, 3.05) is 0 Å². The fraction of sp³-hybridized carbons (Fsp3) is 0.214. The summed E-state index contributed by atoms with van der Waals surface area (Å²) in [5.74, 6) is 1.90. The number of hydrogen-bond acceptors (Lipinski definition) is 3. The first kappa shape index (κ1) is 13.4. The highest BCUT2D eigenvalue weighted by Gasteiger charge is 2.02. The van der Waals surface area contributed by atoms with Crippen molar-refractivity contribution >= 4 is 23.4 Å². The topological polar surface area (TPSA) is 38.9 Å². The molecule has 1 heterocycles. The lowest BCUT2D eigenvalue weighted by Crippen LogP contribution is -2.03. The molecule has 4 heteroatoms. The highest BCUT2D eigenvalue weighted by Crippen LogP contribution is 2.20. The Kier molecular flexibility index (Phi) is 5.05. The molecule has 94 valence electrons. The third-order valence-electron chi connectivity index (χ3n) is 2.62. The van der Waals surface area contributed by atoms with Gasteiger partial charge in [0.15, 0.2) is 0 Å². The fourth-order valence-corrected chi connectivity index (χ4v) is 2.78. The van der Waals surface area contributed by atoms with Gasteiger partial charge in [0.05, 0.1) is 5.69 Å². The molecule has 1 aromatic carbocycles. The molecule has 2 N–H and O–H groups in total. The van der Waals surface area contributed by atoms with Crippen molar-refractivity contribution < 1.29 is 0 Å². The quantitative estimate of drug-likeness (QED) is 0.908. The molecule has 0 saturated carbocycles. The van der Waals surface area contributed by atoms with E-state index in [1.165, 1.54) is 11.1 Å². The van der Waals surface area contributed by atoms with E-state index in [9.17, 15) is 0 Å². The average molecular weight is 279 g/mol. The molecule has 2 aromatic rings. The fourth-order valence-electron chi connectivity index (χ4n) is 1.65. The van der Waals surface area contributed by atoms with Crippen LogP contribution >= 0.6 is 23.4 Å². The van der Waals surface area contributed by atoms with Crippen molar-refractivity contribution in [2.24, 2.45) is 5.73 Å². The number of nitrogens with zero attached hydrogens (tertiary/aromatic N) is 1. The standard InChI is InChI=1S/C14H15ClN2S/c15-13-5-3-11(4-6-13)9-18-10-12-2-1-7-17-14(12)8-16/h1-7H,8-10,16H2. The van der Waals surface area contributed by atoms with Crippen LogP contribution in [0, 0.1) is 0 Å². The first-order chi connectivity index (χ1) is 8.79. The Morgan fingerprint density at radius 2 is 1.89 bits per heavy atom. The molecule has 0 aliphatic rings. The second-order valence-electron chi connectivity index (χ2n) is 3.93. The SMILES string of the molecule is NCc1ncccc1CSCc1ccc(Cl)cc1. The second kappa shape index (κ2) is 6.78. The van der Waals surface area contributed by atoms with Gasteiger partial charge in [0, 0.05) is 29.3 Å². The van der Waals surface area contributed by atoms with Gasteiger partial charge in [-0.3, -0.25) is 4.98 Å².